The molecule has 0 unspecified atom stereocenters. The summed E-state index contributed by atoms with van der Waals surface area (Å²) < 4.78 is 70.7. The fraction of sp³-hybridized carbons (Fsp3) is 0.300. The second-order valence-corrected chi connectivity index (χ2v) is 9.30. The number of sulfonamides is 1. The van der Waals surface area contributed by atoms with E-state index in [1.807, 2.05) is 6.92 Å². The molecular formula is C20H22F3N7O3S. The molecule has 1 aromatic carbocycles. The van der Waals surface area contributed by atoms with Gasteiger partial charge in [-0.1, -0.05) is 12.1 Å². The Morgan fingerprint density at radius 3 is 2.38 bits per heavy atom. The molecule has 3 aromatic rings. The third kappa shape index (κ3) is 6.08. The van der Waals surface area contributed by atoms with Gasteiger partial charge < -0.3 is 15.8 Å². The minimum absolute atomic E-state index is 0.0363. The highest BCUT2D eigenvalue weighted by Crippen LogP contribution is 2.35. The predicted octanol–water partition coefficient (Wildman–Crippen LogP) is 3.11. The zero-order valence-electron chi connectivity index (χ0n) is 18.4. The number of ether oxygens (including phenoxy) is 1. The first-order valence-electron chi connectivity index (χ1n) is 9.81. The van der Waals surface area contributed by atoms with Gasteiger partial charge in [0.05, 0.1) is 12.8 Å². The lowest BCUT2D eigenvalue weighted by atomic mass is 10.1. The van der Waals surface area contributed by atoms with Gasteiger partial charge in [-0.3, -0.25) is 9.29 Å². The lowest BCUT2D eigenvalue weighted by Crippen LogP contribution is -2.27. The van der Waals surface area contributed by atoms with Crippen molar-refractivity contribution in [1.82, 2.24) is 19.9 Å². The first kappa shape index (κ1) is 25.1. The molecule has 1 atom stereocenters. The van der Waals surface area contributed by atoms with Crippen molar-refractivity contribution in [2.45, 2.75) is 25.7 Å². The van der Waals surface area contributed by atoms with Crippen LogP contribution >= 0.6 is 0 Å². The Balaban J connectivity index is 1.89. The van der Waals surface area contributed by atoms with Gasteiger partial charge in [-0.05, 0) is 24.6 Å². The lowest BCUT2D eigenvalue weighted by molar-refractivity contribution is -0.137. The maximum atomic E-state index is 13.5. The summed E-state index contributed by atoms with van der Waals surface area (Å²) in [5, 5.41) is 2.54. The third-order valence-corrected chi connectivity index (χ3v) is 5.83. The second kappa shape index (κ2) is 9.77. The summed E-state index contributed by atoms with van der Waals surface area (Å²) in [6.45, 7) is 1.51. The number of alkyl halides is 3. The van der Waals surface area contributed by atoms with E-state index in [1.165, 1.54) is 19.4 Å². The molecule has 0 fully saturated rings. The summed E-state index contributed by atoms with van der Waals surface area (Å²) in [7, 11) is -2.41. The van der Waals surface area contributed by atoms with E-state index in [2.05, 4.69) is 25.3 Å². The Bertz CT molecular complexity index is 1250. The smallest absolute Gasteiger partial charge is 0.421 e. The number of aromatic nitrogens is 4. The van der Waals surface area contributed by atoms with Crippen LogP contribution in [0.15, 0.2) is 42.9 Å². The number of hydrogen-bond acceptors (Lipinski definition) is 9. The van der Waals surface area contributed by atoms with Crippen LogP contribution in [0.25, 0.3) is 0 Å². The Hall–Kier alpha value is -3.52. The first-order valence-corrected chi connectivity index (χ1v) is 11.7. The van der Waals surface area contributed by atoms with Crippen LogP contribution in [0, 0.1) is 0 Å². The zero-order chi connectivity index (χ0) is 25.1. The number of benzene rings is 1. The van der Waals surface area contributed by atoms with Gasteiger partial charge in [-0.25, -0.2) is 18.4 Å². The summed E-state index contributed by atoms with van der Waals surface area (Å²) in [5.41, 5.74) is 5.61. The van der Waals surface area contributed by atoms with E-state index in [-0.39, 0.29) is 30.1 Å². The molecule has 2 aromatic heterocycles. The SMILES string of the molecule is C[C@@H](N)c1ccc(Oc2ncc(C(F)(F)F)c(NCc3nccnc3N(C)S(C)(=O)=O)n2)cc1. The quantitative estimate of drug-likeness (QED) is 0.481. The van der Waals surface area contributed by atoms with Crippen molar-refractivity contribution in [2.24, 2.45) is 5.73 Å². The van der Waals surface area contributed by atoms with Gasteiger partial charge in [-0.15, -0.1) is 0 Å². The number of anilines is 2. The topological polar surface area (TPSA) is 136 Å². The average Bonchev–Trinajstić information content (AvgIpc) is 2.76. The number of hydrogen-bond donors (Lipinski definition) is 2. The molecule has 182 valence electrons. The van der Waals surface area contributed by atoms with E-state index in [0.29, 0.717) is 11.9 Å². The van der Waals surface area contributed by atoms with E-state index in [9.17, 15) is 21.6 Å². The van der Waals surface area contributed by atoms with Crippen molar-refractivity contribution in [1.29, 1.82) is 0 Å². The van der Waals surface area contributed by atoms with Crippen molar-refractivity contribution in [3.8, 4) is 11.8 Å². The minimum Gasteiger partial charge on any atom is -0.424 e. The molecule has 0 saturated carbocycles. The van der Waals surface area contributed by atoms with Crippen LogP contribution in [0.5, 0.6) is 11.8 Å². The number of rotatable bonds is 8. The van der Waals surface area contributed by atoms with E-state index < -0.39 is 27.6 Å². The van der Waals surface area contributed by atoms with Crippen LogP contribution in [0.1, 0.15) is 29.8 Å². The molecule has 3 N–H and O–H groups in total. The van der Waals surface area contributed by atoms with Crippen LogP contribution < -0.4 is 20.1 Å². The number of nitrogens with one attached hydrogen (secondary N) is 1. The van der Waals surface area contributed by atoms with E-state index in [4.69, 9.17) is 10.5 Å². The van der Waals surface area contributed by atoms with Gasteiger partial charge in [0.1, 0.15) is 22.8 Å². The molecule has 10 nitrogen and oxygen atoms in total. The highest BCUT2D eigenvalue weighted by Gasteiger charge is 2.35. The highest BCUT2D eigenvalue weighted by atomic mass is 32.2. The van der Waals surface area contributed by atoms with Crippen LogP contribution in [-0.2, 0) is 22.7 Å². The van der Waals surface area contributed by atoms with Gasteiger partial charge in [0.15, 0.2) is 5.82 Å². The van der Waals surface area contributed by atoms with Crippen LogP contribution in [-0.4, -0.2) is 41.7 Å². The molecular weight excluding hydrogens is 475 g/mol. The number of nitrogens with zero attached hydrogens (tertiary/aromatic N) is 5. The summed E-state index contributed by atoms with van der Waals surface area (Å²) in [5.74, 6) is -0.296. The number of halogens is 3. The van der Waals surface area contributed by atoms with Crippen molar-refractivity contribution in [3.63, 3.8) is 0 Å². The fourth-order valence-corrected chi connectivity index (χ4v) is 3.24. The third-order valence-electron chi connectivity index (χ3n) is 4.66. The Labute approximate surface area is 194 Å². The van der Waals surface area contributed by atoms with Gasteiger partial charge in [-0.2, -0.15) is 18.2 Å². The monoisotopic (exact) mass is 497 g/mol. The van der Waals surface area contributed by atoms with Gasteiger partial charge >= 0.3 is 12.2 Å². The molecule has 0 aliphatic heterocycles. The largest absolute Gasteiger partial charge is 0.424 e. The highest BCUT2D eigenvalue weighted by molar-refractivity contribution is 7.92. The van der Waals surface area contributed by atoms with Crippen LogP contribution in [0.2, 0.25) is 0 Å². The van der Waals surface area contributed by atoms with Gasteiger partial charge in [0.2, 0.25) is 10.0 Å². The first-order chi connectivity index (χ1) is 15.9. The molecule has 0 saturated heterocycles. The van der Waals surface area contributed by atoms with Crippen molar-refractivity contribution >= 4 is 21.7 Å². The molecule has 3 rings (SSSR count). The van der Waals surface area contributed by atoms with E-state index >= 15 is 0 Å². The van der Waals surface area contributed by atoms with Crippen molar-refractivity contribution in [2.75, 3.05) is 22.9 Å². The second-order valence-electron chi connectivity index (χ2n) is 7.28. The van der Waals surface area contributed by atoms with Gasteiger partial charge in [0.25, 0.3) is 0 Å². The molecule has 0 aliphatic carbocycles. The molecule has 0 spiro atoms. The molecule has 2 heterocycles. The predicted molar refractivity (Wildman–Crippen MR) is 119 cm³/mol. The normalized spacial score (nSPS) is 12.8. The summed E-state index contributed by atoms with van der Waals surface area (Å²) in [6, 6.07) is 6.12. The minimum atomic E-state index is -4.76. The Morgan fingerprint density at radius 2 is 1.79 bits per heavy atom. The van der Waals surface area contributed by atoms with Crippen molar-refractivity contribution < 1.29 is 26.3 Å². The molecule has 0 amide bonds. The standard InChI is InChI=1S/C20H22F3N7O3S/c1-12(24)13-4-6-14(7-5-13)33-19-28-10-15(20(21,22)23)17(29-19)27-11-16-18(26-9-8-25-16)30(2)34(3,31)32/h4-10,12H,11,24H2,1-3H3,(H,27,28,29)/t12-/m1/s1. The lowest BCUT2D eigenvalue weighted by Gasteiger charge is -2.19. The van der Waals surface area contributed by atoms with Crippen LogP contribution in [0.3, 0.4) is 0 Å². The molecule has 0 bridgehead atoms. The Morgan fingerprint density at radius 1 is 1.15 bits per heavy atom. The van der Waals surface area contributed by atoms with E-state index in [1.54, 1.807) is 24.3 Å². The fourth-order valence-electron chi connectivity index (χ4n) is 2.77. The molecule has 14 heteroatoms. The molecule has 0 radical (unpaired) electrons. The van der Waals surface area contributed by atoms with Crippen LogP contribution in [0.4, 0.5) is 24.8 Å². The number of nitrogens with two attached hydrogens (primary N) is 1. The maximum absolute atomic E-state index is 13.5. The molecule has 0 aliphatic rings. The Kier molecular flexibility index (Phi) is 7.21. The van der Waals surface area contributed by atoms with Gasteiger partial charge in [0, 0.05) is 31.7 Å². The zero-order valence-corrected chi connectivity index (χ0v) is 19.2. The maximum Gasteiger partial charge on any atom is 0.421 e. The summed E-state index contributed by atoms with van der Waals surface area (Å²) >= 11 is 0. The summed E-state index contributed by atoms with van der Waals surface area (Å²) in [6.07, 6.45) is -0.623. The van der Waals surface area contributed by atoms with Crippen molar-refractivity contribution in [3.05, 3.63) is 59.7 Å². The molecule has 34 heavy (non-hydrogen) atoms. The van der Waals surface area contributed by atoms with E-state index in [0.717, 1.165) is 16.1 Å². The average molecular weight is 498 g/mol. The summed E-state index contributed by atoms with van der Waals surface area (Å²) in [4.78, 5) is 15.5.